The third-order valence-electron chi connectivity index (χ3n) is 3.19. The third kappa shape index (κ3) is 4.25. The molecule has 2 aromatic carbocycles. The minimum absolute atomic E-state index is 0.501. The molecule has 0 bridgehead atoms. The van der Waals surface area contributed by atoms with Gasteiger partial charge in [-0.25, -0.2) is 0 Å². The fraction of sp³-hybridized carbons (Fsp3) is 0.188. The molecule has 0 aromatic heterocycles. The fourth-order valence-corrected chi connectivity index (χ4v) is 3.59. The number of amidine groups is 1. The molecule has 2 nitrogen and oxygen atoms in total. The molecule has 5 heteroatoms. The standard InChI is InChI=1S/C16H14BrClN2S/c17-12-3-1-11(2-4-12)9-15-10-19-16(21-15)20-14-7-5-13(18)6-8-14/h1-8,15H,9-10H2,(H,19,20)/t15-/m0/s1. The van der Waals surface area contributed by atoms with E-state index in [1.54, 1.807) is 11.8 Å². The first kappa shape index (κ1) is 14.9. The molecule has 0 saturated carbocycles. The summed E-state index contributed by atoms with van der Waals surface area (Å²) in [6, 6.07) is 16.2. The van der Waals surface area contributed by atoms with Crippen molar-refractivity contribution >= 4 is 50.1 Å². The second-order valence-corrected chi connectivity index (χ2v) is 7.49. The summed E-state index contributed by atoms with van der Waals surface area (Å²) in [5.74, 6) is 0. The van der Waals surface area contributed by atoms with Crippen LogP contribution in [0.3, 0.4) is 0 Å². The Morgan fingerprint density at radius 2 is 1.86 bits per heavy atom. The number of hydrogen-bond donors (Lipinski definition) is 1. The Hall–Kier alpha value is -0.970. The topological polar surface area (TPSA) is 24.4 Å². The first-order valence-corrected chi connectivity index (χ1v) is 8.72. The summed E-state index contributed by atoms with van der Waals surface area (Å²) in [4.78, 5) is 4.57. The molecule has 3 rings (SSSR count). The lowest BCUT2D eigenvalue weighted by Crippen LogP contribution is -2.10. The quantitative estimate of drug-likeness (QED) is 0.787. The van der Waals surface area contributed by atoms with Crippen LogP contribution in [-0.2, 0) is 6.42 Å². The highest BCUT2D eigenvalue weighted by Gasteiger charge is 2.20. The minimum atomic E-state index is 0.501. The molecule has 1 atom stereocenters. The van der Waals surface area contributed by atoms with E-state index in [1.807, 2.05) is 24.3 Å². The van der Waals surface area contributed by atoms with Crippen LogP contribution in [0.15, 0.2) is 58.0 Å². The van der Waals surface area contributed by atoms with Gasteiger partial charge in [0.2, 0.25) is 0 Å². The van der Waals surface area contributed by atoms with Crippen LogP contribution in [0.1, 0.15) is 5.56 Å². The van der Waals surface area contributed by atoms with E-state index in [1.165, 1.54) is 5.56 Å². The normalized spacial score (nSPS) is 17.6. The molecular formula is C16H14BrClN2S. The molecule has 0 amide bonds. The van der Waals surface area contributed by atoms with Crippen LogP contribution in [-0.4, -0.2) is 17.0 Å². The van der Waals surface area contributed by atoms with E-state index < -0.39 is 0 Å². The van der Waals surface area contributed by atoms with E-state index in [0.717, 1.165) is 33.3 Å². The molecule has 1 N–H and O–H groups in total. The molecule has 0 aliphatic carbocycles. The maximum absolute atomic E-state index is 5.89. The first-order chi connectivity index (χ1) is 10.2. The van der Waals surface area contributed by atoms with Gasteiger partial charge in [-0.1, -0.05) is 51.4 Å². The molecule has 0 fully saturated rings. The van der Waals surface area contributed by atoms with Crippen molar-refractivity contribution in [3.05, 3.63) is 63.6 Å². The van der Waals surface area contributed by atoms with Crippen LogP contribution in [0, 0.1) is 0 Å². The van der Waals surface area contributed by atoms with Gasteiger partial charge in [0.15, 0.2) is 5.17 Å². The van der Waals surface area contributed by atoms with Crippen molar-refractivity contribution in [2.24, 2.45) is 4.99 Å². The Morgan fingerprint density at radius 3 is 2.57 bits per heavy atom. The molecule has 0 radical (unpaired) electrons. The second-order valence-electron chi connectivity index (χ2n) is 4.85. The zero-order valence-corrected chi connectivity index (χ0v) is 14.4. The lowest BCUT2D eigenvalue weighted by molar-refractivity contribution is 0.870. The molecule has 1 aliphatic heterocycles. The number of halogens is 2. The smallest absolute Gasteiger partial charge is 0.161 e. The van der Waals surface area contributed by atoms with Crippen molar-refractivity contribution in [3.8, 4) is 0 Å². The van der Waals surface area contributed by atoms with Gasteiger partial charge in [0.1, 0.15) is 0 Å². The molecule has 21 heavy (non-hydrogen) atoms. The molecule has 0 saturated heterocycles. The van der Waals surface area contributed by atoms with Crippen molar-refractivity contribution in [1.29, 1.82) is 0 Å². The molecule has 1 heterocycles. The van der Waals surface area contributed by atoms with Crippen LogP contribution in [0.5, 0.6) is 0 Å². The molecule has 0 unspecified atom stereocenters. The number of thioether (sulfide) groups is 1. The highest BCUT2D eigenvalue weighted by Crippen LogP contribution is 2.26. The Kier molecular flexibility index (Phi) is 4.88. The van der Waals surface area contributed by atoms with Gasteiger partial charge < -0.3 is 5.32 Å². The van der Waals surface area contributed by atoms with E-state index >= 15 is 0 Å². The van der Waals surface area contributed by atoms with Crippen molar-refractivity contribution < 1.29 is 0 Å². The average Bonchev–Trinajstić information content (AvgIpc) is 2.91. The van der Waals surface area contributed by atoms with Gasteiger partial charge >= 0.3 is 0 Å². The lowest BCUT2D eigenvalue weighted by Gasteiger charge is -2.09. The number of benzene rings is 2. The SMILES string of the molecule is Clc1ccc(NC2=NC[C@H](Cc3ccc(Br)cc3)S2)cc1. The van der Waals surface area contributed by atoms with Gasteiger partial charge in [-0.15, -0.1) is 0 Å². The number of nitrogens with zero attached hydrogens (tertiary/aromatic N) is 1. The van der Waals surface area contributed by atoms with Crippen molar-refractivity contribution in [2.75, 3.05) is 11.9 Å². The van der Waals surface area contributed by atoms with Crippen LogP contribution >= 0.6 is 39.3 Å². The van der Waals surface area contributed by atoms with Crippen LogP contribution < -0.4 is 5.32 Å². The average molecular weight is 382 g/mol. The van der Waals surface area contributed by atoms with Gasteiger partial charge in [-0.05, 0) is 48.4 Å². The predicted molar refractivity (Wildman–Crippen MR) is 96.6 cm³/mol. The third-order valence-corrected chi connectivity index (χ3v) is 5.07. The van der Waals surface area contributed by atoms with Crippen LogP contribution in [0.2, 0.25) is 5.02 Å². The van der Waals surface area contributed by atoms with Gasteiger partial charge in [0.25, 0.3) is 0 Å². The summed E-state index contributed by atoms with van der Waals surface area (Å²) < 4.78 is 1.12. The number of rotatable bonds is 3. The van der Waals surface area contributed by atoms with E-state index in [9.17, 15) is 0 Å². The van der Waals surface area contributed by atoms with Gasteiger partial charge in [0, 0.05) is 20.4 Å². The number of nitrogens with one attached hydrogen (secondary N) is 1. The molecule has 2 aromatic rings. The molecule has 1 aliphatic rings. The first-order valence-electron chi connectivity index (χ1n) is 6.67. The van der Waals surface area contributed by atoms with Crippen molar-refractivity contribution in [1.82, 2.24) is 0 Å². The van der Waals surface area contributed by atoms with Crippen molar-refractivity contribution in [2.45, 2.75) is 11.7 Å². The largest absolute Gasteiger partial charge is 0.335 e. The Balaban J connectivity index is 1.55. The highest BCUT2D eigenvalue weighted by molar-refractivity contribution is 9.10. The van der Waals surface area contributed by atoms with Gasteiger partial charge in [-0.3, -0.25) is 4.99 Å². The maximum atomic E-state index is 5.89. The number of aliphatic imine (C=N–C) groups is 1. The predicted octanol–water partition coefficient (Wildman–Crippen LogP) is 5.23. The highest BCUT2D eigenvalue weighted by atomic mass is 79.9. The summed E-state index contributed by atoms with van der Waals surface area (Å²) in [5, 5.41) is 5.57. The van der Waals surface area contributed by atoms with Crippen molar-refractivity contribution in [3.63, 3.8) is 0 Å². The van der Waals surface area contributed by atoms with E-state index in [4.69, 9.17) is 11.6 Å². The summed E-state index contributed by atoms with van der Waals surface area (Å²) in [6.07, 6.45) is 1.03. The molecule has 0 spiro atoms. The zero-order chi connectivity index (χ0) is 14.7. The summed E-state index contributed by atoms with van der Waals surface area (Å²) in [5.41, 5.74) is 2.37. The fourth-order valence-electron chi connectivity index (χ4n) is 2.13. The zero-order valence-electron chi connectivity index (χ0n) is 11.2. The van der Waals surface area contributed by atoms with Gasteiger partial charge in [-0.2, -0.15) is 0 Å². The maximum Gasteiger partial charge on any atom is 0.161 e. The number of hydrogen-bond acceptors (Lipinski definition) is 3. The summed E-state index contributed by atoms with van der Waals surface area (Å²) in [7, 11) is 0. The number of anilines is 1. The summed E-state index contributed by atoms with van der Waals surface area (Å²) in [6.45, 7) is 0.858. The van der Waals surface area contributed by atoms with Gasteiger partial charge in [0.05, 0.1) is 6.54 Å². The van der Waals surface area contributed by atoms with E-state index in [2.05, 4.69) is 50.5 Å². The lowest BCUT2D eigenvalue weighted by atomic mass is 10.1. The minimum Gasteiger partial charge on any atom is -0.335 e. The van der Waals surface area contributed by atoms with E-state index in [0.29, 0.717) is 5.25 Å². The Bertz CT molecular complexity index is 640. The summed E-state index contributed by atoms with van der Waals surface area (Å²) >= 11 is 11.2. The van der Waals surface area contributed by atoms with Crippen LogP contribution in [0.25, 0.3) is 0 Å². The Morgan fingerprint density at radius 1 is 1.14 bits per heavy atom. The Labute approximate surface area is 142 Å². The second kappa shape index (κ2) is 6.86. The van der Waals surface area contributed by atoms with Crippen LogP contribution in [0.4, 0.5) is 5.69 Å². The van der Waals surface area contributed by atoms with E-state index in [-0.39, 0.29) is 0 Å². The molecule has 108 valence electrons. The molecular weight excluding hydrogens is 368 g/mol. The monoisotopic (exact) mass is 380 g/mol.